The highest BCUT2D eigenvalue weighted by atomic mass is 35.5. The first-order valence-electron chi connectivity index (χ1n) is 9.59. The van der Waals surface area contributed by atoms with Crippen LogP contribution in [-0.2, 0) is 17.9 Å². The van der Waals surface area contributed by atoms with Crippen LogP contribution in [-0.4, -0.2) is 24.6 Å². The van der Waals surface area contributed by atoms with E-state index in [-0.39, 0.29) is 18.9 Å². The van der Waals surface area contributed by atoms with E-state index in [0.717, 1.165) is 11.1 Å². The normalized spacial score (nSPS) is 10.4. The van der Waals surface area contributed by atoms with Gasteiger partial charge in [-0.3, -0.25) is 9.78 Å². The van der Waals surface area contributed by atoms with Gasteiger partial charge in [-0.25, -0.2) is 0 Å². The van der Waals surface area contributed by atoms with Crippen molar-refractivity contribution < 1.29 is 19.0 Å². The van der Waals surface area contributed by atoms with E-state index in [9.17, 15) is 4.79 Å². The molecule has 1 aromatic heterocycles. The Bertz CT molecular complexity index is 1020. The van der Waals surface area contributed by atoms with E-state index in [2.05, 4.69) is 10.3 Å². The van der Waals surface area contributed by atoms with Crippen LogP contribution in [0.4, 0.5) is 0 Å². The van der Waals surface area contributed by atoms with E-state index in [0.29, 0.717) is 40.4 Å². The number of methoxy groups -OCH3 is 1. The number of aromatic nitrogens is 1. The third-order valence-corrected chi connectivity index (χ3v) is 5.17. The van der Waals surface area contributed by atoms with E-state index in [1.165, 1.54) is 0 Å². The van der Waals surface area contributed by atoms with Gasteiger partial charge >= 0.3 is 0 Å². The molecule has 1 amide bonds. The van der Waals surface area contributed by atoms with Gasteiger partial charge in [-0.2, -0.15) is 0 Å². The van der Waals surface area contributed by atoms with Crippen LogP contribution in [0.15, 0.2) is 60.9 Å². The molecule has 0 bridgehead atoms. The molecule has 0 spiro atoms. The fraction of sp³-hybridized carbons (Fsp3) is 0.217. The van der Waals surface area contributed by atoms with Gasteiger partial charge in [0.15, 0.2) is 11.5 Å². The average molecular weight is 461 g/mol. The van der Waals surface area contributed by atoms with Gasteiger partial charge in [0.1, 0.15) is 17.4 Å². The number of hydrogen-bond acceptors (Lipinski definition) is 5. The topological polar surface area (TPSA) is 69.7 Å². The minimum absolute atomic E-state index is 0.143. The van der Waals surface area contributed by atoms with Crippen molar-refractivity contribution in [1.29, 1.82) is 0 Å². The van der Waals surface area contributed by atoms with Crippen LogP contribution in [0.3, 0.4) is 0 Å². The Balaban J connectivity index is 1.47. The first-order chi connectivity index (χ1) is 15.1. The lowest BCUT2D eigenvalue weighted by Crippen LogP contribution is -2.24. The molecule has 31 heavy (non-hydrogen) atoms. The van der Waals surface area contributed by atoms with Crippen LogP contribution in [0.25, 0.3) is 0 Å². The zero-order valence-electron chi connectivity index (χ0n) is 16.9. The lowest BCUT2D eigenvalue weighted by Gasteiger charge is -2.13. The van der Waals surface area contributed by atoms with Gasteiger partial charge in [-0.15, -0.1) is 0 Å². The smallest absolute Gasteiger partial charge is 0.223 e. The standard InChI is InChI=1S/C23H22Cl2N2O4/c1-29-21-13-17(5-6-19(21)31-15-16-7-10-26-11-8-16)14-27-22(28)9-12-30-20-4-2-3-18(24)23(20)25/h2-8,10-11,13H,9,12,14-15H2,1H3,(H,27,28). The molecule has 0 aliphatic rings. The number of hydrogen-bond donors (Lipinski definition) is 1. The van der Waals surface area contributed by atoms with Crippen molar-refractivity contribution in [3.05, 3.63) is 82.1 Å². The molecule has 2 aromatic carbocycles. The Labute approximate surface area is 191 Å². The number of rotatable bonds is 10. The Kier molecular flexibility index (Phi) is 8.38. The fourth-order valence-electron chi connectivity index (χ4n) is 2.72. The van der Waals surface area contributed by atoms with Crippen molar-refractivity contribution in [2.75, 3.05) is 13.7 Å². The number of carbonyl (C=O) groups excluding carboxylic acids is 1. The van der Waals surface area contributed by atoms with Gasteiger partial charge in [0.05, 0.1) is 25.2 Å². The maximum Gasteiger partial charge on any atom is 0.223 e. The molecule has 6 nitrogen and oxygen atoms in total. The SMILES string of the molecule is COc1cc(CNC(=O)CCOc2cccc(Cl)c2Cl)ccc1OCc1ccncc1. The predicted molar refractivity (Wildman–Crippen MR) is 120 cm³/mol. The molecule has 0 saturated carbocycles. The van der Waals surface area contributed by atoms with Crippen molar-refractivity contribution >= 4 is 29.1 Å². The molecule has 0 saturated heterocycles. The summed E-state index contributed by atoms with van der Waals surface area (Å²) in [4.78, 5) is 16.1. The first kappa shape index (κ1) is 22.7. The zero-order valence-corrected chi connectivity index (χ0v) is 18.4. The van der Waals surface area contributed by atoms with Crippen LogP contribution in [0, 0.1) is 0 Å². The fourth-order valence-corrected chi connectivity index (χ4v) is 3.07. The number of amides is 1. The third-order valence-electron chi connectivity index (χ3n) is 4.36. The molecule has 0 aliphatic carbocycles. The largest absolute Gasteiger partial charge is 0.493 e. The second-order valence-electron chi connectivity index (χ2n) is 6.56. The van der Waals surface area contributed by atoms with E-state index >= 15 is 0 Å². The van der Waals surface area contributed by atoms with Crippen molar-refractivity contribution in [2.45, 2.75) is 19.6 Å². The molecule has 0 unspecified atom stereocenters. The molecule has 0 atom stereocenters. The van der Waals surface area contributed by atoms with Crippen molar-refractivity contribution in [1.82, 2.24) is 10.3 Å². The molecular formula is C23H22Cl2N2O4. The zero-order chi connectivity index (χ0) is 22.1. The number of nitrogens with zero attached hydrogens (tertiary/aromatic N) is 1. The van der Waals surface area contributed by atoms with Crippen LogP contribution in [0.2, 0.25) is 10.0 Å². The molecule has 3 rings (SSSR count). The van der Waals surface area contributed by atoms with Crippen LogP contribution < -0.4 is 19.5 Å². The molecule has 0 radical (unpaired) electrons. The second-order valence-corrected chi connectivity index (χ2v) is 7.34. The molecule has 162 valence electrons. The quantitative estimate of drug-likeness (QED) is 0.457. The number of pyridine rings is 1. The van der Waals surface area contributed by atoms with E-state index in [1.807, 2.05) is 30.3 Å². The number of ether oxygens (including phenoxy) is 3. The summed E-state index contributed by atoms with van der Waals surface area (Å²) in [6.45, 7) is 0.959. The molecule has 1 N–H and O–H groups in total. The summed E-state index contributed by atoms with van der Waals surface area (Å²) >= 11 is 12.0. The van der Waals surface area contributed by atoms with Crippen LogP contribution in [0.5, 0.6) is 17.2 Å². The molecule has 1 heterocycles. The van der Waals surface area contributed by atoms with E-state index in [1.54, 1.807) is 37.7 Å². The molecular weight excluding hydrogens is 439 g/mol. The van der Waals surface area contributed by atoms with Crippen molar-refractivity contribution in [3.8, 4) is 17.2 Å². The number of carbonyl (C=O) groups is 1. The minimum Gasteiger partial charge on any atom is -0.493 e. The van der Waals surface area contributed by atoms with Gasteiger partial charge in [0.25, 0.3) is 0 Å². The van der Waals surface area contributed by atoms with Gasteiger partial charge < -0.3 is 19.5 Å². The number of nitrogens with one attached hydrogen (secondary N) is 1. The lowest BCUT2D eigenvalue weighted by atomic mass is 10.2. The summed E-state index contributed by atoms with van der Waals surface area (Å²) in [5.41, 5.74) is 1.90. The van der Waals surface area contributed by atoms with Crippen molar-refractivity contribution in [3.63, 3.8) is 0 Å². The van der Waals surface area contributed by atoms with E-state index < -0.39 is 0 Å². The summed E-state index contributed by atoms with van der Waals surface area (Å²) in [7, 11) is 1.58. The summed E-state index contributed by atoms with van der Waals surface area (Å²) in [6.07, 6.45) is 3.62. The summed E-state index contributed by atoms with van der Waals surface area (Å²) in [5.74, 6) is 1.53. The Hall–Kier alpha value is -2.96. The lowest BCUT2D eigenvalue weighted by molar-refractivity contribution is -0.121. The maximum atomic E-state index is 12.1. The number of halogens is 2. The Morgan fingerprint density at radius 1 is 0.968 bits per heavy atom. The van der Waals surface area contributed by atoms with Crippen molar-refractivity contribution in [2.24, 2.45) is 0 Å². The van der Waals surface area contributed by atoms with Gasteiger partial charge in [-0.1, -0.05) is 35.3 Å². The van der Waals surface area contributed by atoms with Gasteiger partial charge in [-0.05, 0) is 47.5 Å². The first-order valence-corrected chi connectivity index (χ1v) is 10.3. The highest BCUT2D eigenvalue weighted by Gasteiger charge is 2.09. The Morgan fingerprint density at radius 3 is 2.55 bits per heavy atom. The number of benzene rings is 2. The maximum absolute atomic E-state index is 12.1. The molecule has 8 heteroatoms. The van der Waals surface area contributed by atoms with E-state index in [4.69, 9.17) is 37.4 Å². The minimum atomic E-state index is -0.143. The molecule has 0 fully saturated rings. The second kappa shape index (κ2) is 11.4. The molecule has 3 aromatic rings. The highest BCUT2D eigenvalue weighted by molar-refractivity contribution is 6.42. The summed E-state index contributed by atoms with van der Waals surface area (Å²) in [6, 6.07) is 14.4. The van der Waals surface area contributed by atoms with Gasteiger partial charge in [0.2, 0.25) is 5.91 Å². The van der Waals surface area contributed by atoms with Crippen LogP contribution >= 0.6 is 23.2 Å². The third kappa shape index (κ3) is 6.77. The monoisotopic (exact) mass is 460 g/mol. The summed E-state index contributed by atoms with van der Waals surface area (Å²) in [5, 5.41) is 3.60. The Morgan fingerprint density at radius 2 is 1.77 bits per heavy atom. The summed E-state index contributed by atoms with van der Waals surface area (Å²) < 4.78 is 16.8. The average Bonchev–Trinajstić information content (AvgIpc) is 2.80. The van der Waals surface area contributed by atoms with Crippen LogP contribution in [0.1, 0.15) is 17.5 Å². The van der Waals surface area contributed by atoms with Gasteiger partial charge in [0, 0.05) is 18.9 Å². The molecule has 0 aliphatic heterocycles. The predicted octanol–water partition coefficient (Wildman–Crippen LogP) is 5.06. The highest BCUT2D eigenvalue weighted by Crippen LogP contribution is 2.31.